The van der Waals surface area contributed by atoms with Gasteiger partial charge in [-0.05, 0) is 43.1 Å². The highest BCUT2D eigenvalue weighted by molar-refractivity contribution is 5.34. The number of nitrogens with one attached hydrogen (secondary N) is 1. The largest absolute Gasteiger partial charge is 0.416 e. The van der Waals surface area contributed by atoms with Crippen LogP contribution in [0, 0.1) is 6.92 Å². The maximum Gasteiger partial charge on any atom is 0.416 e. The molecule has 114 valence electrons. The number of alkyl halides is 3. The first-order chi connectivity index (χ1) is 9.40. The molecule has 2 nitrogen and oxygen atoms in total. The predicted octanol–water partition coefficient (Wildman–Crippen LogP) is 4.09. The van der Waals surface area contributed by atoms with E-state index in [1.807, 2.05) is 13.8 Å². The van der Waals surface area contributed by atoms with Crippen LogP contribution in [0.2, 0.25) is 0 Å². The summed E-state index contributed by atoms with van der Waals surface area (Å²) in [6, 6.07) is 3.79. The normalized spacial score (nSPS) is 13.5. The zero-order chi connectivity index (χ0) is 15.2. The van der Waals surface area contributed by atoms with Gasteiger partial charge in [0.25, 0.3) is 0 Å². The van der Waals surface area contributed by atoms with Crippen LogP contribution in [0.25, 0.3) is 0 Å². The highest BCUT2D eigenvalue weighted by Gasteiger charge is 2.31. The van der Waals surface area contributed by atoms with Crippen LogP contribution in [-0.2, 0) is 10.9 Å². The molecule has 0 heterocycles. The smallest absolute Gasteiger partial charge is 0.379 e. The maximum atomic E-state index is 12.7. The number of rotatable bonds is 7. The Balaban J connectivity index is 2.90. The number of aryl methyl sites for hydroxylation is 1. The van der Waals surface area contributed by atoms with E-state index in [0.29, 0.717) is 18.8 Å². The number of ether oxygens (including phenoxy) is 1. The Hall–Kier alpha value is -1.07. The first-order valence-corrected chi connectivity index (χ1v) is 6.89. The van der Waals surface area contributed by atoms with E-state index in [4.69, 9.17) is 4.74 Å². The molecule has 1 atom stereocenters. The van der Waals surface area contributed by atoms with E-state index in [9.17, 15) is 13.2 Å². The van der Waals surface area contributed by atoms with Crippen LogP contribution in [0.1, 0.15) is 43.0 Å². The van der Waals surface area contributed by atoms with E-state index in [0.717, 1.165) is 24.6 Å². The average molecular weight is 289 g/mol. The van der Waals surface area contributed by atoms with E-state index in [1.54, 1.807) is 13.0 Å². The fraction of sp³-hybridized carbons (Fsp3) is 0.600. The van der Waals surface area contributed by atoms with Crippen molar-refractivity contribution in [2.45, 2.75) is 39.4 Å². The predicted molar refractivity (Wildman–Crippen MR) is 73.7 cm³/mol. The first kappa shape index (κ1) is 17.0. The van der Waals surface area contributed by atoms with Gasteiger partial charge in [-0.25, -0.2) is 0 Å². The van der Waals surface area contributed by atoms with Crippen LogP contribution < -0.4 is 5.32 Å². The molecule has 0 aromatic heterocycles. The van der Waals surface area contributed by atoms with Crippen LogP contribution in [-0.4, -0.2) is 19.8 Å². The Morgan fingerprint density at radius 2 is 1.95 bits per heavy atom. The van der Waals surface area contributed by atoms with Crippen molar-refractivity contribution in [2.24, 2.45) is 0 Å². The number of hydrogen-bond donors (Lipinski definition) is 1. The van der Waals surface area contributed by atoms with Crippen molar-refractivity contribution in [1.29, 1.82) is 0 Å². The first-order valence-electron chi connectivity index (χ1n) is 6.89. The summed E-state index contributed by atoms with van der Waals surface area (Å²) < 4.78 is 43.5. The molecule has 1 rings (SSSR count). The molecule has 0 saturated heterocycles. The van der Waals surface area contributed by atoms with Crippen LogP contribution in [0.4, 0.5) is 13.2 Å². The van der Waals surface area contributed by atoms with Gasteiger partial charge in [0.1, 0.15) is 0 Å². The quantitative estimate of drug-likeness (QED) is 0.763. The standard InChI is InChI=1S/C15H22F3NO/c1-4-8-20-10-14(19-5-2)13-7-6-12(9-11(13)3)15(16,17)18/h6-7,9,14,19H,4-5,8,10H2,1-3H3. The number of hydrogen-bond acceptors (Lipinski definition) is 2. The molecule has 0 aliphatic rings. The Kier molecular flexibility index (Phi) is 6.49. The van der Waals surface area contributed by atoms with Crippen LogP contribution in [0.3, 0.4) is 0 Å². The van der Waals surface area contributed by atoms with Gasteiger partial charge in [-0.15, -0.1) is 0 Å². The van der Waals surface area contributed by atoms with Crippen molar-refractivity contribution >= 4 is 0 Å². The van der Waals surface area contributed by atoms with Crippen LogP contribution in [0.15, 0.2) is 18.2 Å². The zero-order valence-electron chi connectivity index (χ0n) is 12.2. The van der Waals surface area contributed by atoms with Crippen molar-refractivity contribution in [3.63, 3.8) is 0 Å². The molecule has 0 spiro atoms. The van der Waals surface area contributed by atoms with Gasteiger partial charge < -0.3 is 10.1 Å². The summed E-state index contributed by atoms with van der Waals surface area (Å²) in [5.74, 6) is 0. The van der Waals surface area contributed by atoms with Gasteiger partial charge in [-0.1, -0.05) is 19.9 Å². The Labute approximate surface area is 118 Å². The molecule has 0 radical (unpaired) electrons. The molecule has 0 fully saturated rings. The SMILES string of the molecule is CCCOCC(NCC)c1ccc(C(F)(F)F)cc1C. The summed E-state index contributed by atoms with van der Waals surface area (Å²) >= 11 is 0. The highest BCUT2D eigenvalue weighted by Crippen LogP contribution is 2.31. The third kappa shape index (κ3) is 4.80. The molecular formula is C15H22F3NO. The van der Waals surface area contributed by atoms with Crippen molar-refractivity contribution in [2.75, 3.05) is 19.8 Å². The molecule has 5 heteroatoms. The second-order valence-corrected chi connectivity index (χ2v) is 4.75. The van der Waals surface area contributed by atoms with Gasteiger partial charge in [-0.2, -0.15) is 13.2 Å². The second kappa shape index (κ2) is 7.64. The minimum Gasteiger partial charge on any atom is -0.379 e. The van der Waals surface area contributed by atoms with Gasteiger partial charge in [-0.3, -0.25) is 0 Å². The zero-order valence-corrected chi connectivity index (χ0v) is 12.2. The molecule has 0 saturated carbocycles. The van der Waals surface area contributed by atoms with Crippen molar-refractivity contribution in [3.05, 3.63) is 34.9 Å². The molecule has 0 aliphatic carbocycles. The molecule has 1 aromatic carbocycles. The Morgan fingerprint density at radius 1 is 1.25 bits per heavy atom. The summed E-state index contributed by atoms with van der Waals surface area (Å²) in [5.41, 5.74) is 0.880. The highest BCUT2D eigenvalue weighted by atomic mass is 19.4. The molecule has 1 N–H and O–H groups in total. The lowest BCUT2D eigenvalue weighted by molar-refractivity contribution is -0.137. The van der Waals surface area contributed by atoms with Gasteiger partial charge in [0, 0.05) is 6.61 Å². The van der Waals surface area contributed by atoms with E-state index >= 15 is 0 Å². The van der Waals surface area contributed by atoms with E-state index < -0.39 is 11.7 Å². The molecule has 0 amide bonds. The number of halogens is 3. The van der Waals surface area contributed by atoms with E-state index in [2.05, 4.69) is 5.32 Å². The summed E-state index contributed by atoms with van der Waals surface area (Å²) in [6.45, 7) is 7.54. The molecule has 1 aromatic rings. The van der Waals surface area contributed by atoms with Crippen LogP contribution in [0.5, 0.6) is 0 Å². The third-order valence-electron chi connectivity index (χ3n) is 3.06. The minimum absolute atomic E-state index is 0.0752. The molecule has 0 aliphatic heterocycles. The molecule has 20 heavy (non-hydrogen) atoms. The van der Waals surface area contributed by atoms with Gasteiger partial charge in [0.2, 0.25) is 0 Å². The lowest BCUT2D eigenvalue weighted by Crippen LogP contribution is -2.26. The fourth-order valence-electron chi connectivity index (χ4n) is 2.09. The van der Waals surface area contributed by atoms with E-state index in [-0.39, 0.29) is 6.04 Å². The Morgan fingerprint density at radius 3 is 2.45 bits per heavy atom. The summed E-state index contributed by atoms with van der Waals surface area (Å²) in [6.07, 6.45) is -3.37. The molecule has 1 unspecified atom stereocenters. The summed E-state index contributed by atoms with van der Waals surface area (Å²) in [7, 11) is 0. The maximum absolute atomic E-state index is 12.7. The summed E-state index contributed by atoms with van der Waals surface area (Å²) in [4.78, 5) is 0. The van der Waals surface area contributed by atoms with Gasteiger partial charge in [0.05, 0.1) is 18.2 Å². The van der Waals surface area contributed by atoms with Gasteiger partial charge in [0.15, 0.2) is 0 Å². The molecule has 0 bridgehead atoms. The van der Waals surface area contributed by atoms with E-state index in [1.165, 1.54) is 6.07 Å². The lowest BCUT2D eigenvalue weighted by atomic mass is 9.99. The van der Waals surface area contributed by atoms with Crippen molar-refractivity contribution < 1.29 is 17.9 Å². The second-order valence-electron chi connectivity index (χ2n) is 4.75. The molecular weight excluding hydrogens is 267 g/mol. The number of likely N-dealkylation sites (N-methyl/N-ethyl adjacent to an activating group) is 1. The fourth-order valence-corrected chi connectivity index (χ4v) is 2.09. The third-order valence-corrected chi connectivity index (χ3v) is 3.06. The summed E-state index contributed by atoms with van der Waals surface area (Å²) in [5, 5.41) is 3.25. The average Bonchev–Trinajstić information content (AvgIpc) is 2.37. The van der Waals surface area contributed by atoms with Crippen molar-refractivity contribution in [3.8, 4) is 0 Å². The Bertz CT molecular complexity index is 418. The lowest BCUT2D eigenvalue weighted by Gasteiger charge is -2.21. The van der Waals surface area contributed by atoms with Crippen LogP contribution >= 0.6 is 0 Å². The topological polar surface area (TPSA) is 21.3 Å². The number of benzene rings is 1. The van der Waals surface area contributed by atoms with Gasteiger partial charge >= 0.3 is 6.18 Å². The van der Waals surface area contributed by atoms with Crippen molar-refractivity contribution in [1.82, 2.24) is 5.32 Å². The monoisotopic (exact) mass is 289 g/mol. The minimum atomic E-state index is -4.30.